The van der Waals surface area contributed by atoms with Crippen molar-refractivity contribution >= 4 is 0 Å². The molecule has 1 unspecified atom stereocenters. The maximum atomic E-state index is 8.62. The summed E-state index contributed by atoms with van der Waals surface area (Å²) < 4.78 is 0. The summed E-state index contributed by atoms with van der Waals surface area (Å²) in [7, 11) is 2.00. The zero-order chi connectivity index (χ0) is 8.27. The number of hydrogen-bond donors (Lipinski definition) is 3. The summed E-state index contributed by atoms with van der Waals surface area (Å²) in [6.45, 7) is 2.56. The Morgan fingerprint density at radius 3 is 3.00 bits per heavy atom. The fraction of sp³-hybridized carbons (Fsp3) is 1.00. The Balaban J connectivity index is 2.33. The molecule has 4 N–H and O–H groups in total. The fourth-order valence-corrected chi connectivity index (χ4v) is 1.26. The van der Waals surface area contributed by atoms with Crippen LogP contribution in [0.15, 0.2) is 0 Å². The van der Waals surface area contributed by atoms with Gasteiger partial charge in [-0.3, -0.25) is 16.1 Å². The molecule has 0 aromatic heterocycles. The molecule has 1 aliphatic heterocycles. The molecule has 0 saturated carbocycles. The minimum absolute atomic E-state index is 0.0853. The summed E-state index contributed by atoms with van der Waals surface area (Å²) in [6.07, 6.45) is 0.0853. The quantitative estimate of drug-likeness (QED) is 0.328. The minimum atomic E-state index is 0.0853. The Bertz CT molecular complexity index is 121. The summed E-state index contributed by atoms with van der Waals surface area (Å²) >= 11 is 0. The second kappa shape index (κ2) is 3.99. The normalized spacial score (nSPS) is 26.7. The first-order valence-electron chi connectivity index (χ1n) is 3.81. The molecule has 0 spiro atoms. The van der Waals surface area contributed by atoms with Gasteiger partial charge in [0.15, 0.2) is 0 Å². The maximum Gasteiger partial charge on any atom is 0.129 e. The first-order valence-corrected chi connectivity index (χ1v) is 3.81. The van der Waals surface area contributed by atoms with Gasteiger partial charge in [0.25, 0.3) is 0 Å². The Hall–Kier alpha value is -0.200. The van der Waals surface area contributed by atoms with E-state index in [1.807, 2.05) is 7.05 Å². The summed E-state index contributed by atoms with van der Waals surface area (Å²) in [5.41, 5.74) is 0. The highest BCUT2D eigenvalue weighted by molar-refractivity contribution is 4.72. The third kappa shape index (κ3) is 2.11. The smallest absolute Gasteiger partial charge is 0.129 e. The molecule has 0 aliphatic carbocycles. The third-order valence-corrected chi connectivity index (χ3v) is 1.88. The molecule has 66 valence electrons. The van der Waals surface area contributed by atoms with Gasteiger partial charge in [-0.1, -0.05) is 0 Å². The highest BCUT2D eigenvalue weighted by Gasteiger charge is 2.23. The van der Waals surface area contributed by atoms with E-state index in [-0.39, 0.29) is 12.9 Å². The Labute approximate surface area is 66.7 Å². The molecular formula is C6H16N4O. The van der Waals surface area contributed by atoms with Crippen LogP contribution in [0.5, 0.6) is 0 Å². The van der Waals surface area contributed by atoms with Crippen molar-refractivity contribution in [2.75, 3.05) is 33.3 Å². The average Bonchev–Trinajstić information content (AvgIpc) is 2.36. The van der Waals surface area contributed by atoms with Gasteiger partial charge in [-0.05, 0) is 7.05 Å². The average molecular weight is 160 g/mol. The first kappa shape index (κ1) is 8.89. The van der Waals surface area contributed by atoms with Crippen molar-refractivity contribution in [2.24, 2.45) is 5.84 Å². The predicted molar refractivity (Wildman–Crippen MR) is 42.4 cm³/mol. The molecule has 1 atom stereocenters. The number of aliphatic hydroxyl groups excluding tert-OH is 1. The molecule has 1 rings (SSSR count). The maximum absolute atomic E-state index is 8.62. The van der Waals surface area contributed by atoms with E-state index in [1.165, 1.54) is 0 Å². The fourth-order valence-electron chi connectivity index (χ4n) is 1.26. The van der Waals surface area contributed by atoms with Gasteiger partial charge in [0, 0.05) is 19.6 Å². The van der Waals surface area contributed by atoms with Crippen molar-refractivity contribution in [1.82, 2.24) is 15.2 Å². The van der Waals surface area contributed by atoms with Crippen LogP contribution in [0.1, 0.15) is 0 Å². The second-order valence-corrected chi connectivity index (χ2v) is 2.77. The summed E-state index contributed by atoms with van der Waals surface area (Å²) in [5.74, 6) is 5.65. The molecule has 5 heteroatoms. The molecular weight excluding hydrogens is 144 g/mol. The van der Waals surface area contributed by atoms with Crippen molar-refractivity contribution in [3.05, 3.63) is 0 Å². The zero-order valence-electron chi connectivity index (χ0n) is 6.82. The highest BCUT2D eigenvalue weighted by Crippen LogP contribution is 2.00. The van der Waals surface area contributed by atoms with Crippen molar-refractivity contribution in [2.45, 2.75) is 6.29 Å². The molecule has 1 heterocycles. The van der Waals surface area contributed by atoms with Gasteiger partial charge in [0.05, 0.1) is 6.61 Å². The van der Waals surface area contributed by atoms with Gasteiger partial charge in [-0.2, -0.15) is 0 Å². The van der Waals surface area contributed by atoms with Crippen LogP contribution in [-0.4, -0.2) is 54.6 Å². The Morgan fingerprint density at radius 2 is 2.55 bits per heavy atom. The molecule has 0 aromatic carbocycles. The zero-order valence-corrected chi connectivity index (χ0v) is 6.82. The van der Waals surface area contributed by atoms with Crippen molar-refractivity contribution in [1.29, 1.82) is 0 Å². The van der Waals surface area contributed by atoms with Crippen molar-refractivity contribution in [3.8, 4) is 0 Å². The van der Waals surface area contributed by atoms with E-state index >= 15 is 0 Å². The Morgan fingerprint density at radius 1 is 1.82 bits per heavy atom. The summed E-state index contributed by atoms with van der Waals surface area (Å²) in [5, 5.41) is 13.4. The topological polar surface area (TPSA) is 64.8 Å². The molecule has 1 saturated heterocycles. The highest BCUT2D eigenvalue weighted by atomic mass is 16.3. The number of likely N-dealkylation sites (N-methyl/N-ethyl adjacent to an activating group) is 1. The molecule has 0 aromatic rings. The number of nitrogens with zero attached hydrogens (tertiary/aromatic N) is 2. The second-order valence-electron chi connectivity index (χ2n) is 2.77. The number of nitrogens with one attached hydrogen (secondary N) is 1. The summed E-state index contributed by atoms with van der Waals surface area (Å²) in [6, 6.07) is 0. The van der Waals surface area contributed by atoms with Crippen LogP contribution in [0, 0.1) is 0 Å². The number of hydrogen-bond acceptors (Lipinski definition) is 5. The van der Waals surface area contributed by atoms with E-state index < -0.39 is 0 Å². The molecule has 0 bridgehead atoms. The monoisotopic (exact) mass is 160 g/mol. The largest absolute Gasteiger partial charge is 0.395 e. The molecule has 1 fully saturated rings. The van der Waals surface area contributed by atoms with Gasteiger partial charge >= 0.3 is 0 Å². The summed E-state index contributed by atoms with van der Waals surface area (Å²) in [4.78, 5) is 2.11. The van der Waals surface area contributed by atoms with Crippen LogP contribution in [0.3, 0.4) is 0 Å². The lowest BCUT2D eigenvalue weighted by atomic mass is 10.6. The number of rotatable bonds is 3. The van der Waals surface area contributed by atoms with Gasteiger partial charge < -0.3 is 5.11 Å². The molecule has 0 amide bonds. The van der Waals surface area contributed by atoms with Crippen molar-refractivity contribution < 1.29 is 5.11 Å². The number of aliphatic hydroxyl groups is 1. The van der Waals surface area contributed by atoms with Crippen LogP contribution in [0.25, 0.3) is 0 Å². The van der Waals surface area contributed by atoms with Crippen LogP contribution < -0.4 is 11.2 Å². The van der Waals surface area contributed by atoms with Gasteiger partial charge in [-0.25, -0.2) is 5.01 Å². The van der Waals surface area contributed by atoms with E-state index in [4.69, 9.17) is 10.9 Å². The number of nitrogens with two attached hydrogens (primary N) is 1. The first-order chi connectivity index (χ1) is 5.25. The van der Waals surface area contributed by atoms with Crippen LogP contribution in [0.4, 0.5) is 0 Å². The van der Waals surface area contributed by atoms with Crippen LogP contribution in [-0.2, 0) is 0 Å². The van der Waals surface area contributed by atoms with Crippen molar-refractivity contribution in [3.63, 3.8) is 0 Å². The molecule has 5 nitrogen and oxygen atoms in total. The van der Waals surface area contributed by atoms with E-state index in [2.05, 4.69) is 10.2 Å². The molecule has 1 aliphatic rings. The lowest BCUT2D eigenvalue weighted by molar-refractivity contribution is 0.0614. The molecule has 0 radical (unpaired) electrons. The Kier molecular flexibility index (Phi) is 3.22. The standard InChI is InChI=1S/C6H16N4O/c1-9-3-2-8-6(9)10(7)4-5-11/h6,8,11H,2-5,7H2,1H3. The lowest BCUT2D eigenvalue weighted by Gasteiger charge is -2.28. The predicted octanol–water partition coefficient (Wildman–Crippen LogP) is -2.03. The van der Waals surface area contributed by atoms with Gasteiger partial charge in [0.2, 0.25) is 0 Å². The van der Waals surface area contributed by atoms with E-state index in [0.29, 0.717) is 6.54 Å². The third-order valence-electron chi connectivity index (χ3n) is 1.88. The number of hydrazine groups is 1. The lowest BCUT2D eigenvalue weighted by Crippen LogP contribution is -2.53. The van der Waals surface area contributed by atoms with Gasteiger partial charge in [-0.15, -0.1) is 0 Å². The van der Waals surface area contributed by atoms with Crippen LogP contribution >= 0.6 is 0 Å². The van der Waals surface area contributed by atoms with E-state index in [1.54, 1.807) is 5.01 Å². The van der Waals surface area contributed by atoms with Gasteiger partial charge in [0.1, 0.15) is 6.29 Å². The molecule has 11 heavy (non-hydrogen) atoms. The van der Waals surface area contributed by atoms with Crippen LogP contribution in [0.2, 0.25) is 0 Å². The van der Waals surface area contributed by atoms with E-state index in [0.717, 1.165) is 13.1 Å². The SMILES string of the molecule is CN1CCNC1N(N)CCO. The minimum Gasteiger partial charge on any atom is -0.395 e. The van der Waals surface area contributed by atoms with E-state index in [9.17, 15) is 0 Å².